The average molecular weight is 594 g/mol. The number of nitrogens with zero attached hydrogens (tertiary/aromatic N) is 1. The monoisotopic (exact) mass is 593 g/mol. The standard InChI is InChI=1S/C29H33ClFNO5S2/c1-7-39(36,37)17-20-12-23(24(13-26(20)30)28(34)19-8-10-21(31)11-9-19)25-15-32(6)27(33)14-22(25)18(2)16-38(35)29(3,4)5/h8-15,18H,7,16-17H2,1-6H3/t18-,38-/m1/s1. The number of pyridine rings is 1. The van der Waals surface area contributed by atoms with Crippen LogP contribution in [0, 0.1) is 5.82 Å². The fraction of sp³-hybridized carbons (Fsp3) is 0.379. The van der Waals surface area contributed by atoms with Gasteiger partial charge in [0.25, 0.3) is 5.56 Å². The Morgan fingerprint density at radius 2 is 1.72 bits per heavy atom. The van der Waals surface area contributed by atoms with Gasteiger partial charge in [-0.1, -0.05) is 25.4 Å². The van der Waals surface area contributed by atoms with Gasteiger partial charge in [0.1, 0.15) is 5.82 Å². The molecule has 10 heteroatoms. The van der Waals surface area contributed by atoms with E-state index in [9.17, 15) is 26.6 Å². The normalized spacial score (nSPS) is 13.7. The van der Waals surface area contributed by atoms with Gasteiger partial charge in [0.15, 0.2) is 15.6 Å². The van der Waals surface area contributed by atoms with Crippen molar-refractivity contribution in [3.05, 3.63) is 92.1 Å². The van der Waals surface area contributed by atoms with Crippen LogP contribution in [0.4, 0.5) is 4.39 Å². The van der Waals surface area contributed by atoms with Crippen LogP contribution in [0.2, 0.25) is 5.02 Å². The summed E-state index contributed by atoms with van der Waals surface area (Å²) in [7, 11) is -3.11. The lowest BCUT2D eigenvalue weighted by Gasteiger charge is -2.24. The Balaban J connectivity index is 2.32. The summed E-state index contributed by atoms with van der Waals surface area (Å²) >= 11 is 6.51. The number of aryl methyl sites for hydroxylation is 1. The zero-order valence-corrected chi connectivity index (χ0v) is 25.3. The van der Waals surface area contributed by atoms with E-state index in [1.807, 2.05) is 27.7 Å². The number of benzene rings is 2. The highest BCUT2D eigenvalue weighted by Gasteiger charge is 2.27. The summed E-state index contributed by atoms with van der Waals surface area (Å²) in [6, 6.07) is 9.54. The molecule has 0 aliphatic carbocycles. The molecule has 3 rings (SSSR count). The third kappa shape index (κ3) is 7.32. The van der Waals surface area contributed by atoms with Crippen LogP contribution >= 0.6 is 11.6 Å². The van der Waals surface area contributed by atoms with Crippen molar-refractivity contribution in [3.63, 3.8) is 0 Å². The van der Waals surface area contributed by atoms with Gasteiger partial charge in [-0.25, -0.2) is 12.8 Å². The number of ketones is 1. The second kappa shape index (κ2) is 11.9. The van der Waals surface area contributed by atoms with E-state index >= 15 is 0 Å². The Hall–Kier alpha value is -2.62. The van der Waals surface area contributed by atoms with Gasteiger partial charge in [0, 0.05) is 68.1 Å². The molecule has 0 spiro atoms. The fourth-order valence-electron chi connectivity index (χ4n) is 4.08. The molecule has 2 aromatic carbocycles. The van der Waals surface area contributed by atoms with Crippen molar-refractivity contribution >= 4 is 38.0 Å². The molecule has 39 heavy (non-hydrogen) atoms. The van der Waals surface area contributed by atoms with Crippen molar-refractivity contribution in [2.45, 2.75) is 51.0 Å². The van der Waals surface area contributed by atoms with Gasteiger partial charge in [0.05, 0.1) is 5.75 Å². The minimum atomic E-state index is -3.46. The van der Waals surface area contributed by atoms with E-state index in [1.54, 1.807) is 26.2 Å². The Kier molecular flexibility index (Phi) is 9.40. The molecular formula is C29H33ClFNO5S2. The van der Waals surface area contributed by atoms with Crippen LogP contribution in [0.1, 0.15) is 67.6 Å². The first-order valence-corrected chi connectivity index (χ1v) is 16.0. The first-order chi connectivity index (χ1) is 18.0. The highest BCUT2D eigenvalue weighted by atomic mass is 35.5. The number of sulfone groups is 1. The molecule has 0 aliphatic rings. The first kappa shape index (κ1) is 30.9. The molecule has 1 heterocycles. The molecule has 6 nitrogen and oxygen atoms in total. The SMILES string of the molecule is CCS(=O)(=O)Cc1cc(-c2cn(C)c(=O)cc2[C@H](C)C[S@@](=O)C(C)(C)C)c(C(=O)c2ccc(F)cc2)cc1Cl. The van der Waals surface area contributed by atoms with Gasteiger partial charge in [-0.2, -0.15) is 0 Å². The summed E-state index contributed by atoms with van der Waals surface area (Å²) in [4.78, 5) is 26.4. The lowest BCUT2D eigenvalue weighted by atomic mass is 9.88. The summed E-state index contributed by atoms with van der Waals surface area (Å²) in [5, 5.41) is 0.106. The number of carbonyl (C=O) groups is 1. The topological polar surface area (TPSA) is 90.3 Å². The second-order valence-corrected chi connectivity index (χ2v) is 15.6. The van der Waals surface area contributed by atoms with Crippen LogP contribution in [0.25, 0.3) is 11.1 Å². The van der Waals surface area contributed by atoms with E-state index in [0.717, 1.165) is 0 Å². The third-order valence-corrected chi connectivity index (χ3v) is 10.7. The summed E-state index contributed by atoms with van der Waals surface area (Å²) in [6.07, 6.45) is 1.59. The Morgan fingerprint density at radius 3 is 2.28 bits per heavy atom. The smallest absolute Gasteiger partial charge is 0.250 e. The van der Waals surface area contributed by atoms with Crippen LogP contribution in [0.5, 0.6) is 0 Å². The average Bonchev–Trinajstić information content (AvgIpc) is 2.85. The van der Waals surface area contributed by atoms with E-state index in [4.69, 9.17) is 11.6 Å². The maximum Gasteiger partial charge on any atom is 0.250 e. The Labute approximate surface area is 236 Å². The van der Waals surface area contributed by atoms with Gasteiger partial charge in [-0.3, -0.25) is 13.8 Å². The van der Waals surface area contributed by atoms with E-state index in [1.165, 1.54) is 41.0 Å². The predicted molar refractivity (Wildman–Crippen MR) is 156 cm³/mol. The maximum absolute atomic E-state index is 13.7. The molecule has 0 aliphatic heterocycles. The quantitative estimate of drug-likeness (QED) is 0.299. The molecule has 0 fully saturated rings. The van der Waals surface area contributed by atoms with Crippen LogP contribution in [-0.4, -0.2) is 39.2 Å². The molecule has 0 unspecified atom stereocenters. The number of hydrogen-bond acceptors (Lipinski definition) is 5. The van der Waals surface area contributed by atoms with Gasteiger partial charge >= 0.3 is 0 Å². The van der Waals surface area contributed by atoms with Crippen molar-refractivity contribution in [2.75, 3.05) is 11.5 Å². The molecule has 1 aromatic heterocycles. The number of halogens is 2. The first-order valence-electron chi connectivity index (χ1n) is 12.5. The molecule has 210 valence electrons. The molecule has 0 bridgehead atoms. The van der Waals surface area contributed by atoms with Crippen LogP contribution in [-0.2, 0) is 33.4 Å². The minimum absolute atomic E-state index is 0.0876. The van der Waals surface area contributed by atoms with E-state index in [-0.39, 0.29) is 44.9 Å². The van der Waals surface area contributed by atoms with Crippen molar-refractivity contribution in [2.24, 2.45) is 7.05 Å². The maximum atomic E-state index is 13.7. The molecule has 2 atom stereocenters. The summed E-state index contributed by atoms with van der Waals surface area (Å²) < 4.78 is 52.4. The van der Waals surface area contributed by atoms with Crippen molar-refractivity contribution < 1.29 is 21.8 Å². The molecular weight excluding hydrogens is 561 g/mol. The van der Waals surface area contributed by atoms with Gasteiger partial charge in [-0.15, -0.1) is 0 Å². The van der Waals surface area contributed by atoms with E-state index in [0.29, 0.717) is 22.3 Å². The fourth-order valence-corrected chi connectivity index (χ4v) is 6.44. The molecule has 0 saturated heterocycles. The highest BCUT2D eigenvalue weighted by Crippen LogP contribution is 2.36. The number of carbonyl (C=O) groups excluding carboxylic acids is 1. The Bertz CT molecular complexity index is 1590. The van der Waals surface area contributed by atoms with Gasteiger partial charge < -0.3 is 4.57 Å². The zero-order valence-electron chi connectivity index (χ0n) is 22.9. The molecule has 0 N–H and O–H groups in total. The zero-order chi connectivity index (χ0) is 29.3. The third-order valence-electron chi connectivity index (χ3n) is 6.52. The highest BCUT2D eigenvalue weighted by molar-refractivity contribution is 7.90. The molecule has 0 amide bonds. The number of rotatable bonds is 9. The summed E-state index contributed by atoms with van der Waals surface area (Å²) in [5.74, 6) is -1.41. The molecule has 0 saturated carbocycles. The van der Waals surface area contributed by atoms with E-state index < -0.39 is 37.0 Å². The summed E-state index contributed by atoms with van der Waals surface area (Å²) in [6.45, 7) is 9.03. The van der Waals surface area contributed by atoms with Gasteiger partial charge in [-0.05, 0) is 79.8 Å². The van der Waals surface area contributed by atoms with E-state index in [2.05, 4.69) is 0 Å². The molecule has 3 aromatic rings. The Morgan fingerprint density at radius 1 is 1.10 bits per heavy atom. The number of aromatic nitrogens is 1. The second-order valence-electron chi connectivity index (χ2n) is 10.6. The van der Waals surface area contributed by atoms with Crippen molar-refractivity contribution in [1.82, 2.24) is 4.57 Å². The summed E-state index contributed by atoms with van der Waals surface area (Å²) in [5.41, 5.74) is 1.91. The molecule has 0 radical (unpaired) electrons. The van der Waals surface area contributed by atoms with Crippen LogP contribution < -0.4 is 5.56 Å². The van der Waals surface area contributed by atoms with Crippen molar-refractivity contribution in [1.29, 1.82) is 0 Å². The number of hydrogen-bond donors (Lipinski definition) is 0. The minimum Gasteiger partial charge on any atom is -0.318 e. The van der Waals surface area contributed by atoms with Crippen LogP contribution in [0.15, 0.2) is 53.5 Å². The van der Waals surface area contributed by atoms with Gasteiger partial charge in [0.2, 0.25) is 0 Å². The lowest BCUT2D eigenvalue weighted by molar-refractivity contribution is 0.103. The largest absolute Gasteiger partial charge is 0.318 e. The van der Waals surface area contributed by atoms with Crippen molar-refractivity contribution in [3.8, 4) is 11.1 Å². The van der Waals surface area contributed by atoms with Crippen LogP contribution in [0.3, 0.4) is 0 Å². The lowest BCUT2D eigenvalue weighted by Crippen LogP contribution is -2.27. The predicted octanol–water partition coefficient (Wildman–Crippen LogP) is 5.66.